The average Bonchev–Trinajstić information content (AvgIpc) is 3.39. The Labute approximate surface area is 154 Å². The molecule has 0 atom stereocenters. The summed E-state index contributed by atoms with van der Waals surface area (Å²) in [7, 11) is 0. The van der Waals surface area contributed by atoms with Gasteiger partial charge in [0.1, 0.15) is 23.7 Å². The van der Waals surface area contributed by atoms with Crippen molar-refractivity contribution in [1.82, 2.24) is 14.9 Å². The molecule has 4 rings (SSSR count). The molecule has 1 aliphatic carbocycles. The number of furan rings is 1. The molecule has 2 aromatic rings. The predicted molar refractivity (Wildman–Crippen MR) is 99.4 cm³/mol. The molecule has 1 aliphatic heterocycles. The van der Waals surface area contributed by atoms with Crippen LogP contribution in [-0.4, -0.2) is 45.9 Å². The second-order valence-electron chi connectivity index (χ2n) is 7.51. The average molecular weight is 354 g/mol. The van der Waals surface area contributed by atoms with Gasteiger partial charge >= 0.3 is 0 Å². The smallest absolute Gasteiger partial charge is 0.257 e. The first-order valence-corrected chi connectivity index (χ1v) is 9.46. The van der Waals surface area contributed by atoms with E-state index in [0.717, 1.165) is 43.2 Å². The van der Waals surface area contributed by atoms with E-state index in [1.807, 2.05) is 31.7 Å². The Balaban J connectivity index is 1.45. The number of carbonyl (C=O) groups excluding carboxylic acids is 1. The van der Waals surface area contributed by atoms with Crippen LogP contribution in [0.1, 0.15) is 53.3 Å². The van der Waals surface area contributed by atoms with Crippen LogP contribution in [-0.2, 0) is 0 Å². The highest BCUT2D eigenvalue weighted by molar-refractivity contribution is 5.95. The molecule has 2 aromatic heterocycles. The first-order chi connectivity index (χ1) is 12.5. The third-order valence-electron chi connectivity index (χ3n) is 5.41. The molecule has 6 heteroatoms. The van der Waals surface area contributed by atoms with Crippen LogP contribution in [0.3, 0.4) is 0 Å². The fourth-order valence-corrected chi connectivity index (χ4v) is 3.97. The number of piperidine rings is 1. The van der Waals surface area contributed by atoms with Crippen LogP contribution < -0.4 is 4.90 Å². The summed E-state index contributed by atoms with van der Waals surface area (Å²) in [6, 6.07) is 4.96. The highest BCUT2D eigenvalue weighted by Gasteiger charge is 2.37. The summed E-state index contributed by atoms with van der Waals surface area (Å²) in [4.78, 5) is 26.0. The van der Waals surface area contributed by atoms with Crippen molar-refractivity contribution in [2.45, 2.75) is 58.5 Å². The maximum atomic E-state index is 12.8. The molecule has 0 radical (unpaired) electrons. The number of hydrogen-bond acceptors (Lipinski definition) is 5. The van der Waals surface area contributed by atoms with Gasteiger partial charge in [0, 0.05) is 36.9 Å². The first-order valence-electron chi connectivity index (χ1n) is 9.46. The van der Waals surface area contributed by atoms with Crippen molar-refractivity contribution >= 4 is 11.7 Å². The SMILES string of the molecule is Cc1cc(N(C2CC2)C2CCN(C(=O)c3cc(C)oc3C)CC2)ncn1. The fourth-order valence-electron chi connectivity index (χ4n) is 3.97. The lowest BCUT2D eigenvalue weighted by Gasteiger charge is -2.39. The third kappa shape index (κ3) is 3.32. The van der Waals surface area contributed by atoms with Gasteiger partial charge in [-0.1, -0.05) is 0 Å². The van der Waals surface area contributed by atoms with E-state index in [0.29, 0.717) is 23.4 Å². The van der Waals surface area contributed by atoms with Gasteiger partial charge in [-0.3, -0.25) is 4.79 Å². The maximum absolute atomic E-state index is 12.8. The second-order valence-corrected chi connectivity index (χ2v) is 7.51. The first kappa shape index (κ1) is 17.1. The van der Waals surface area contributed by atoms with Crippen LogP contribution in [0.2, 0.25) is 0 Å². The molecule has 2 fully saturated rings. The molecule has 26 heavy (non-hydrogen) atoms. The van der Waals surface area contributed by atoms with Crippen LogP contribution in [0, 0.1) is 20.8 Å². The van der Waals surface area contributed by atoms with Crippen LogP contribution >= 0.6 is 0 Å². The summed E-state index contributed by atoms with van der Waals surface area (Å²) >= 11 is 0. The largest absolute Gasteiger partial charge is 0.466 e. The highest BCUT2D eigenvalue weighted by atomic mass is 16.3. The third-order valence-corrected chi connectivity index (χ3v) is 5.41. The molecule has 6 nitrogen and oxygen atoms in total. The monoisotopic (exact) mass is 354 g/mol. The molecule has 2 aliphatic rings. The lowest BCUT2D eigenvalue weighted by Crippen LogP contribution is -2.48. The van der Waals surface area contributed by atoms with Crippen LogP contribution in [0.15, 0.2) is 22.9 Å². The van der Waals surface area contributed by atoms with E-state index in [1.54, 1.807) is 6.33 Å². The molecule has 0 N–H and O–H groups in total. The van der Waals surface area contributed by atoms with Gasteiger partial charge in [0.25, 0.3) is 5.91 Å². The van der Waals surface area contributed by atoms with Crippen molar-refractivity contribution in [1.29, 1.82) is 0 Å². The Hall–Kier alpha value is -2.37. The van der Waals surface area contributed by atoms with Crippen molar-refractivity contribution in [3.05, 3.63) is 41.2 Å². The lowest BCUT2D eigenvalue weighted by atomic mass is 10.0. The summed E-state index contributed by atoms with van der Waals surface area (Å²) in [6.07, 6.45) is 6.07. The van der Waals surface area contributed by atoms with E-state index >= 15 is 0 Å². The van der Waals surface area contributed by atoms with Gasteiger partial charge in [-0.25, -0.2) is 9.97 Å². The van der Waals surface area contributed by atoms with E-state index in [2.05, 4.69) is 20.9 Å². The standard InChI is InChI=1S/C20H26N4O2/c1-13-10-19(22-12-21-13)24(16-4-5-16)17-6-8-23(9-7-17)20(25)18-11-14(2)26-15(18)3/h10-12,16-17H,4-9H2,1-3H3. The van der Waals surface area contributed by atoms with Gasteiger partial charge in [-0.2, -0.15) is 0 Å². The van der Waals surface area contributed by atoms with Gasteiger partial charge in [0.05, 0.1) is 5.56 Å². The van der Waals surface area contributed by atoms with E-state index in [4.69, 9.17) is 4.42 Å². The molecular weight excluding hydrogens is 328 g/mol. The van der Waals surface area contributed by atoms with Gasteiger partial charge < -0.3 is 14.2 Å². The van der Waals surface area contributed by atoms with E-state index in [1.165, 1.54) is 12.8 Å². The Morgan fingerprint density at radius 3 is 2.35 bits per heavy atom. The van der Waals surface area contributed by atoms with E-state index in [9.17, 15) is 4.79 Å². The molecule has 138 valence electrons. The molecule has 0 spiro atoms. The zero-order valence-corrected chi connectivity index (χ0v) is 15.7. The summed E-state index contributed by atoms with van der Waals surface area (Å²) in [5, 5.41) is 0. The molecule has 1 amide bonds. The Morgan fingerprint density at radius 2 is 1.77 bits per heavy atom. The number of hydrogen-bond donors (Lipinski definition) is 0. The summed E-state index contributed by atoms with van der Waals surface area (Å²) in [6.45, 7) is 7.31. The molecule has 0 aromatic carbocycles. The Morgan fingerprint density at radius 1 is 1.08 bits per heavy atom. The topological polar surface area (TPSA) is 62.5 Å². The number of rotatable bonds is 4. The molecule has 0 bridgehead atoms. The minimum Gasteiger partial charge on any atom is -0.466 e. The molecular formula is C20H26N4O2. The number of aromatic nitrogens is 2. The van der Waals surface area contributed by atoms with Crippen LogP contribution in [0.5, 0.6) is 0 Å². The Kier molecular flexibility index (Phi) is 4.42. The quantitative estimate of drug-likeness (QED) is 0.843. The predicted octanol–water partition coefficient (Wildman–Crippen LogP) is 3.27. The fraction of sp³-hybridized carbons (Fsp3) is 0.550. The van der Waals surface area contributed by atoms with Crippen molar-refractivity contribution in [3.8, 4) is 0 Å². The molecule has 1 saturated heterocycles. The second kappa shape index (κ2) is 6.74. The highest BCUT2D eigenvalue weighted by Crippen LogP contribution is 2.35. The van der Waals surface area contributed by atoms with Gasteiger partial charge in [0.15, 0.2) is 0 Å². The number of likely N-dealkylation sites (tertiary alicyclic amines) is 1. The van der Waals surface area contributed by atoms with Gasteiger partial charge in [-0.05, 0) is 52.5 Å². The Bertz CT molecular complexity index is 804. The number of nitrogens with zero attached hydrogens (tertiary/aromatic N) is 4. The molecule has 1 saturated carbocycles. The number of aryl methyl sites for hydroxylation is 3. The molecule has 3 heterocycles. The van der Waals surface area contributed by atoms with Crippen molar-refractivity contribution in [2.75, 3.05) is 18.0 Å². The minimum absolute atomic E-state index is 0.0913. The number of carbonyl (C=O) groups is 1. The zero-order valence-electron chi connectivity index (χ0n) is 15.7. The van der Waals surface area contributed by atoms with Crippen molar-refractivity contribution < 1.29 is 9.21 Å². The maximum Gasteiger partial charge on any atom is 0.257 e. The zero-order chi connectivity index (χ0) is 18.3. The minimum atomic E-state index is 0.0913. The van der Waals surface area contributed by atoms with Gasteiger partial charge in [0.2, 0.25) is 0 Å². The van der Waals surface area contributed by atoms with E-state index in [-0.39, 0.29) is 5.91 Å². The summed E-state index contributed by atoms with van der Waals surface area (Å²) in [5.41, 5.74) is 1.70. The summed E-state index contributed by atoms with van der Waals surface area (Å²) < 4.78 is 5.52. The van der Waals surface area contributed by atoms with Crippen molar-refractivity contribution in [2.24, 2.45) is 0 Å². The van der Waals surface area contributed by atoms with E-state index < -0.39 is 0 Å². The number of anilines is 1. The van der Waals surface area contributed by atoms with Crippen molar-refractivity contribution in [3.63, 3.8) is 0 Å². The molecule has 0 unspecified atom stereocenters. The lowest BCUT2D eigenvalue weighted by molar-refractivity contribution is 0.0710. The van der Waals surface area contributed by atoms with Gasteiger partial charge in [-0.15, -0.1) is 0 Å². The normalized spacial score (nSPS) is 18.2. The summed E-state index contributed by atoms with van der Waals surface area (Å²) in [5.74, 6) is 2.63. The van der Waals surface area contributed by atoms with Crippen LogP contribution in [0.25, 0.3) is 0 Å². The number of amides is 1. The van der Waals surface area contributed by atoms with Crippen LogP contribution in [0.4, 0.5) is 5.82 Å².